The molecule has 4 aromatic rings. The Bertz CT molecular complexity index is 1190. The first-order valence-electron chi connectivity index (χ1n) is 10.0. The van der Waals surface area contributed by atoms with E-state index in [1.807, 2.05) is 12.1 Å². The number of nitrogens with zero attached hydrogens (tertiary/aromatic N) is 4. The molecule has 1 N–H and O–H groups in total. The SMILES string of the molecule is COc1ccc2c(c1)[nH]c1c(N3CCN(c4ccc(C)cc4C)CC3)ncnc12. The van der Waals surface area contributed by atoms with Gasteiger partial charge in [-0.3, -0.25) is 0 Å². The average molecular weight is 387 g/mol. The van der Waals surface area contributed by atoms with Crippen molar-refractivity contribution in [3.05, 3.63) is 53.9 Å². The van der Waals surface area contributed by atoms with E-state index in [1.165, 1.54) is 16.8 Å². The van der Waals surface area contributed by atoms with Gasteiger partial charge in [0.1, 0.15) is 23.1 Å². The van der Waals surface area contributed by atoms with E-state index in [4.69, 9.17) is 4.74 Å². The Morgan fingerprint density at radius 1 is 0.931 bits per heavy atom. The molecule has 148 valence electrons. The molecule has 0 atom stereocenters. The number of benzene rings is 2. The summed E-state index contributed by atoms with van der Waals surface area (Å²) in [5.41, 5.74) is 6.96. The van der Waals surface area contributed by atoms with Crippen molar-refractivity contribution in [2.75, 3.05) is 43.1 Å². The molecule has 0 saturated carbocycles. The minimum atomic E-state index is 0.834. The molecule has 1 fully saturated rings. The topological polar surface area (TPSA) is 57.3 Å². The van der Waals surface area contributed by atoms with Crippen LogP contribution in [0.1, 0.15) is 11.1 Å². The molecule has 0 bridgehead atoms. The van der Waals surface area contributed by atoms with Crippen molar-refractivity contribution in [1.29, 1.82) is 0 Å². The van der Waals surface area contributed by atoms with E-state index < -0.39 is 0 Å². The van der Waals surface area contributed by atoms with Crippen LogP contribution in [-0.4, -0.2) is 48.2 Å². The van der Waals surface area contributed by atoms with Gasteiger partial charge in [0.05, 0.1) is 12.6 Å². The molecule has 2 aromatic carbocycles. The van der Waals surface area contributed by atoms with E-state index in [1.54, 1.807) is 13.4 Å². The van der Waals surface area contributed by atoms with Gasteiger partial charge in [-0.25, -0.2) is 9.97 Å². The van der Waals surface area contributed by atoms with Crippen LogP contribution in [0.15, 0.2) is 42.7 Å². The molecule has 3 heterocycles. The molecule has 0 amide bonds. The number of hydrogen-bond acceptors (Lipinski definition) is 5. The number of methoxy groups -OCH3 is 1. The van der Waals surface area contributed by atoms with Crippen LogP contribution in [0, 0.1) is 13.8 Å². The lowest BCUT2D eigenvalue weighted by Gasteiger charge is -2.37. The van der Waals surface area contributed by atoms with Crippen LogP contribution in [0.3, 0.4) is 0 Å². The Morgan fingerprint density at radius 3 is 2.48 bits per heavy atom. The van der Waals surface area contributed by atoms with Gasteiger partial charge >= 0.3 is 0 Å². The Morgan fingerprint density at radius 2 is 1.72 bits per heavy atom. The molecule has 0 aliphatic carbocycles. The zero-order chi connectivity index (χ0) is 20.0. The lowest BCUT2D eigenvalue weighted by atomic mass is 10.1. The maximum absolute atomic E-state index is 5.36. The summed E-state index contributed by atoms with van der Waals surface area (Å²) in [6, 6.07) is 12.7. The monoisotopic (exact) mass is 387 g/mol. The van der Waals surface area contributed by atoms with Gasteiger partial charge in [0.15, 0.2) is 5.82 Å². The summed E-state index contributed by atoms with van der Waals surface area (Å²) < 4.78 is 5.36. The maximum atomic E-state index is 5.36. The van der Waals surface area contributed by atoms with Gasteiger partial charge < -0.3 is 19.5 Å². The van der Waals surface area contributed by atoms with Crippen molar-refractivity contribution in [1.82, 2.24) is 15.0 Å². The second kappa shape index (κ2) is 6.95. The van der Waals surface area contributed by atoms with Gasteiger partial charge in [0, 0.05) is 43.3 Å². The molecule has 6 heteroatoms. The number of ether oxygens (including phenoxy) is 1. The Labute approximate surface area is 170 Å². The first kappa shape index (κ1) is 17.8. The number of aromatic amines is 1. The van der Waals surface area contributed by atoms with Crippen LogP contribution >= 0.6 is 0 Å². The first-order valence-corrected chi connectivity index (χ1v) is 10.0. The molecular weight excluding hydrogens is 362 g/mol. The summed E-state index contributed by atoms with van der Waals surface area (Å²) in [7, 11) is 1.68. The number of H-pyrrole nitrogens is 1. The quantitative estimate of drug-likeness (QED) is 0.574. The van der Waals surface area contributed by atoms with E-state index in [9.17, 15) is 0 Å². The van der Waals surface area contributed by atoms with Crippen LogP contribution in [0.4, 0.5) is 11.5 Å². The normalized spacial score (nSPS) is 14.7. The predicted octanol–water partition coefficient (Wildman–Crippen LogP) is 4.06. The zero-order valence-electron chi connectivity index (χ0n) is 17.1. The smallest absolute Gasteiger partial charge is 0.156 e. The van der Waals surface area contributed by atoms with E-state index in [2.05, 4.69) is 62.9 Å². The maximum Gasteiger partial charge on any atom is 0.156 e. The van der Waals surface area contributed by atoms with Crippen molar-refractivity contribution in [3.63, 3.8) is 0 Å². The van der Waals surface area contributed by atoms with Crippen molar-refractivity contribution >= 4 is 33.4 Å². The number of fused-ring (bicyclic) bond motifs is 3. The molecule has 5 rings (SSSR count). The highest BCUT2D eigenvalue weighted by molar-refractivity contribution is 6.08. The Kier molecular flexibility index (Phi) is 4.27. The molecule has 29 heavy (non-hydrogen) atoms. The van der Waals surface area contributed by atoms with Crippen molar-refractivity contribution in [2.45, 2.75) is 13.8 Å². The molecule has 1 saturated heterocycles. The number of hydrogen-bond donors (Lipinski definition) is 1. The second-order valence-corrected chi connectivity index (χ2v) is 7.72. The van der Waals surface area contributed by atoms with Gasteiger partial charge in [-0.2, -0.15) is 0 Å². The fraction of sp³-hybridized carbons (Fsp3) is 0.304. The molecule has 6 nitrogen and oxygen atoms in total. The van der Waals surface area contributed by atoms with Crippen LogP contribution in [-0.2, 0) is 0 Å². The third-order valence-corrected chi connectivity index (χ3v) is 5.84. The number of aromatic nitrogens is 3. The van der Waals surface area contributed by atoms with E-state index in [-0.39, 0.29) is 0 Å². The van der Waals surface area contributed by atoms with Gasteiger partial charge in [-0.1, -0.05) is 17.7 Å². The van der Waals surface area contributed by atoms with Crippen LogP contribution in [0.25, 0.3) is 21.9 Å². The summed E-state index contributed by atoms with van der Waals surface area (Å²) >= 11 is 0. The predicted molar refractivity (Wildman–Crippen MR) is 118 cm³/mol. The van der Waals surface area contributed by atoms with E-state index >= 15 is 0 Å². The van der Waals surface area contributed by atoms with Crippen molar-refractivity contribution in [3.8, 4) is 5.75 Å². The lowest BCUT2D eigenvalue weighted by Crippen LogP contribution is -2.47. The van der Waals surface area contributed by atoms with Gasteiger partial charge in [0.25, 0.3) is 0 Å². The number of aryl methyl sites for hydroxylation is 2. The highest BCUT2D eigenvalue weighted by atomic mass is 16.5. The fourth-order valence-electron chi connectivity index (χ4n) is 4.35. The zero-order valence-corrected chi connectivity index (χ0v) is 17.1. The molecule has 2 aromatic heterocycles. The van der Waals surface area contributed by atoms with Crippen LogP contribution in [0.2, 0.25) is 0 Å². The average Bonchev–Trinajstić information content (AvgIpc) is 3.12. The van der Waals surface area contributed by atoms with Gasteiger partial charge in [0.2, 0.25) is 0 Å². The van der Waals surface area contributed by atoms with Crippen LogP contribution in [0.5, 0.6) is 5.75 Å². The lowest BCUT2D eigenvalue weighted by molar-refractivity contribution is 0.415. The molecular formula is C23H25N5O. The molecule has 0 radical (unpaired) electrons. The standard InChI is InChI=1S/C23H25N5O/c1-15-4-7-20(16(2)12-15)27-8-10-28(11-9-27)23-22-21(24-14-25-23)18-6-5-17(29-3)13-19(18)26-22/h4-7,12-14,26H,8-11H2,1-3H3. The largest absolute Gasteiger partial charge is 0.497 e. The minimum Gasteiger partial charge on any atom is -0.497 e. The Balaban J connectivity index is 1.44. The number of anilines is 2. The summed E-state index contributed by atoms with van der Waals surface area (Å²) in [6.07, 6.45) is 1.67. The summed E-state index contributed by atoms with van der Waals surface area (Å²) in [5, 5.41) is 1.10. The van der Waals surface area contributed by atoms with Gasteiger partial charge in [-0.15, -0.1) is 0 Å². The highest BCUT2D eigenvalue weighted by Gasteiger charge is 2.22. The highest BCUT2D eigenvalue weighted by Crippen LogP contribution is 2.32. The minimum absolute atomic E-state index is 0.834. The summed E-state index contributed by atoms with van der Waals surface area (Å²) in [4.78, 5) is 17.5. The molecule has 1 aliphatic rings. The van der Waals surface area contributed by atoms with Crippen LogP contribution < -0.4 is 14.5 Å². The number of piperazine rings is 1. The summed E-state index contributed by atoms with van der Waals surface area (Å²) in [6.45, 7) is 8.15. The van der Waals surface area contributed by atoms with Gasteiger partial charge in [-0.05, 0) is 37.6 Å². The van der Waals surface area contributed by atoms with E-state index in [0.717, 1.165) is 59.7 Å². The number of rotatable bonds is 3. The Hall–Kier alpha value is -3.28. The third kappa shape index (κ3) is 3.05. The van der Waals surface area contributed by atoms with E-state index in [0.29, 0.717) is 0 Å². The summed E-state index contributed by atoms with van der Waals surface area (Å²) in [5.74, 6) is 1.81. The fourth-order valence-corrected chi connectivity index (χ4v) is 4.35. The number of nitrogens with one attached hydrogen (secondary N) is 1. The molecule has 0 spiro atoms. The third-order valence-electron chi connectivity index (χ3n) is 5.84. The first-order chi connectivity index (χ1) is 14.1. The van der Waals surface area contributed by atoms with Crippen molar-refractivity contribution in [2.24, 2.45) is 0 Å². The second-order valence-electron chi connectivity index (χ2n) is 7.72. The molecule has 1 aliphatic heterocycles. The molecule has 0 unspecified atom stereocenters. The van der Waals surface area contributed by atoms with Crippen molar-refractivity contribution < 1.29 is 4.74 Å².